The van der Waals surface area contributed by atoms with E-state index < -0.39 is 5.97 Å². The van der Waals surface area contributed by atoms with Crippen LogP contribution in [-0.2, 0) is 7.05 Å². The Morgan fingerprint density at radius 1 is 1.29 bits per heavy atom. The van der Waals surface area contributed by atoms with Crippen molar-refractivity contribution in [2.45, 2.75) is 32.2 Å². The van der Waals surface area contributed by atoms with E-state index in [2.05, 4.69) is 21.9 Å². The molecular formula is C15H24N4O2. The number of carbonyl (C=O) groups is 1. The molecule has 0 saturated carbocycles. The van der Waals surface area contributed by atoms with Gasteiger partial charge in [0.05, 0.1) is 5.69 Å². The van der Waals surface area contributed by atoms with Gasteiger partial charge < -0.3 is 14.9 Å². The molecule has 21 heavy (non-hydrogen) atoms. The van der Waals surface area contributed by atoms with Gasteiger partial charge >= 0.3 is 5.97 Å². The van der Waals surface area contributed by atoms with Crippen molar-refractivity contribution < 1.29 is 9.90 Å². The summed E-state index contributed by atoms with van der Waals surface area (Å²) in [5.74, 6) is 0.527. The Balaban J connectivity index is 1.87. The fourth-order valence-corrected chi connectivity index (χ4v) is 4.10. The Morgan fingerprint density at radius 2 is 2.05 bits per heavy atom. The molecule has 0 radical (unpaired) electrons. The number of aromatic nitrogens is 2. The van der Waals surface area contributed by atoms with Gasteiger partial charge in [0.25, 0.3) is 0 Å². The number of likely N-dealkylation sites (tertiary alicyclic amines) is 1. The molecule has 0 bridgehead atoms. The molecule has 0 aliphatic carbocycles. The third kappa shape index (κ3) is 2.41. The minimum Gasteiger partial charge on any atom is -0.477 e. The lowest BCUT2D eigenvalue weighted by Crippen LogP contribution is -2.53. The number of carboxylic acids is 1. The topological polar surface area (TPSA) is 61.6 Å². The minimum absolute atomic E-state index is 0.361. The molecule has 2 aliphatic heterocycles. The lowest BCUT2D eigenvalue weighted by molar-refractivity contribution is 0.0695. The number of fused-ring (bicyclic) bond motifs is 1. The van der Waals surface area contributed by atoms with E-state index >= 15 is 0 Å². The highest BCUT2D eigenvalue weighted by molar-refractivity contribution is 5.94. The summed E-state index contributed by atoms with van der Waals surface area (Å²) < 4.78 is 1.73. The van der Waals surface area contributed by atoms with Crippen molar-refractivity contribution in [3.05, 3.63) is 11.3 Å². The first-order chi connectivity index (χ1) is 9.99. The van der Waals surface area contributed by atoms with E-state index in [1.54, 1.807) is 11.6 Å². The van der Waals surface area contributed by atoms with E-state index in [1.165, 1.54) is 19.4 Å². The molecule has 116 valence electrons. The molecule has 1 aromatic heterocycles. The normalized spacial score (nSPS) is 26.7. The molecule has 2 atom stereocenters. The molecule has 3 heterocycles. The van der Waals surface area contributed by atoms with Crippen molar-refractivity contribution in [3.63, 3.8) is 0 Å². The van der Waals surface area contributed by atoms with Gasteiger partial charge in [-0.1, -0.05) is 0 Å². The van der Waals surface area contributed by atoms with Crippen molar-refractivity contribution >= 4 is 11.8 Å². The molecule has 0 amide bonds. The van der Waals surface area contributed by atoms with Crippen molar-refractivity contribution in [2.75, 3.05) is 31.6 Å². The molecule has 0 aromatic carbocycles. The van der Waals surface area contributed by atoms with Gasteiger partial charge in [0.2, 0.25) is 0 Å². The summed E-state index contributed by atoms with van der Waals surface area (Å²) in [7, 11) is 4.05. The zero-order chi connectivity index (χ0) is 15.1. The monoisotopic (exact) mass is 292 g/mol. The van der Waals surface area contributed by atoms with E-state index in [9.17, 15) is 9.90 Å². The van der Waals surface area contributed by atoms with E-state index in [-0.39, 0.29) is 0 Å². The van der Waals surface area contributed by atoms with Gasteiger partial charge in [0.1, 0.15) is 11.4 Å². The minimum atomic E-state index is -0.876. The number of aromatic carboxylic acids is 1. The molecule has 6 heteroatoms. The van der Waals surface area contributed by atoms with Crippen LogP contribution in [0.25, 0.3) is 0 Å². The van der Waals surface area contributed by atoms with Crippen LogP contribution in [0.2, 0.25) is 0 Å². The number of rotatable bonds is 2. The second-order valence-electron chi connectivity index (χ2n) is 6.40. The molecule has 2 fully saturated rings. The Morgan fingerprint density at radius 3 is 2.76 bits per heavy atom. The quantitative estimate of drug-likeness (QED) is 0.891. The summed E-state index contributed by atoms with van der Waals surface area (Å²) in [5.41, 5.74) is 0.961. The number of carboxylic acid groups (broad SMARTS) is 1. The SMILES string of the molecule is Cc1nn(C)c(N2CCC3C(CCCN3C)C2)c1C(=O)O. The van der Waals surface area contributed by atoms with Crippen LogP contribution in [0.1, 0.15) is 35.3 Å². The average Bonchev–Trinajstić information content (AvgIpc) is 2.73. The van der Waals surface area contributed by atoms with Crippen LogP contribution in [0.15, 0.2) is 0 Å². The molecule has 2 aliphatic rings. The van der Waals surface area contributed by atoms with Crippen molar-refractivity contribution in [1.82, 2.24) is 14.7 Å². The van der Waals surface area contributed by atoms with Gasteiger partial charge in [0.15, 0.2) is 0 Å². The Labute approximate surface area is 125 Å². The average molecular weight is 292 g/mol. The maximum Gasteiger partial charge on any atom is 0.341 e. The maximum atomic E-state index is 11.5. The highest BCUT2D eigenvalue weighted by atomic mass is 16.4. The molecule has 1 N–H and O–H groups in total. The van der Waals surface area contributed by atoms with E-state index in [0.717, 1.165) is 25.3 Å². The number of hydrogen-bond acceptors (Lipinski definition) is 4. The number of hydrogen-bond donors (Lipinski definition) is 1. The van der Waals surface area contributed by atoms with Gasteiger partial charge in [-0.15, -0.1) is 0 Å². The standard InChI is InChI=1S/C15H24N4O2/c1-10-13(15(20)21)14(18(3)16-10)19-8-6-12-11(9-19)5-4-7-17(12)2/h11-12H,4-9H2,1-3H3,(H,20,21). The lowest BCUT2D eigenvalue weighted by atomic mass is 9.84. The molecule has 6 nitrogen and oxygen atoms in total. The smallest absolute Gasteiger partial charge is 0.341 e. The first-order valence-corrected chi connectivity index (χ1v) is 7.71. The maximum absolute atomic E-state index is 11.5. The van der Waals surface area contributed by atoms with Gasteiger partial charge in [-0.05, 0) is 45.7 Å². The Hall–Kier alpha value is -1.56. The molecule has 2 unspecified atom stereocenters. The Kier molecular flexibility index (Phi) is 3.65. The van der Waals surface area contributed by atoms with Gasteiger partial charge in [-0.2, -0.15) is 5.10 Å². The summed E-state index contributed by atoms with van der Waals surface area (Å²) in [4.78, 5) is 16.2. The predicted molar refractivity (Wildman–Crippen MR) is 80.9 cm³/mol. The van der Waals surface area contributed by atoms with Crippen LogP contribution in [0, 0.1) is 12.8 Å². The number of piperidine rings is 2. The molecule has 2 saturated heterocycles. The number of nitrogens with zero attached hydrogens (tertiary/aromatic N) is 4. The van der Waals surface area contributed by atoms with Crippen LogP contribution >= 0.6 is 0 Å². The summed E-state index contributed by atoms with van der Waals surface area (Å²) in [5, 5.41) is 13.8. The van der Waals surface area contributed by atoms with Crippen LogP contribution in [0.3, 0.4) is 0 Å². The molecule has 1 aromatic rings. The van der Waals surface area contributed by atoms with Crippen molar-refractivity contribution in [2.24, 2.45) is 13.0 Å². The van der Waals surface area contributed by atoms with Gasteiger partial charge in [-0.3, -0.25) is 4.68 Å². The zero-order valence-electron chi connectivity index (χ0n) is 13.0. The van der Waals surface area contributed by atoms with Crippen LogP contribution in [-0.4, -0.2) is 58.5 Å². The second kappa shape index (κ2) is 5.33. The first kappa shape index (κ1) is 14.4. The number of aryl methyl sites for hydroxylation is 2. The first-order valence-electron chi connectivity index (χ1n) is 7.71. The lowest BCUT2D eigenvalue weighted by Gasteiger charge is -2.46. The number of anilines is 1. The predicted octanol–water partition coefficient (Wildman–Crippen LogP) is 1.35. The van der Waals surface area contributed by atoms with E-state index in [0.29, 0.717) is 23.2 Å². The third-order valence-electron chi connectivity index (χ3n) is 5.05. The fraction of sp³-hybridized carbons (Fsp3) is 0.733. The highest BCUT2D eigenvalue weighted by Gasteiger charge is 2.36. The summed E-state index contributed by atoms with van der Waals surface area (Å²) in [6, 6.07) is 0.651. The van der Waals surface area contributed by atoms with Crippen molar-refractivity contribution in [3.8, 4) is 0 Å². The summed E-state index contributed by atoms with van der Waals surface area (Å²) in [6.45, 7) is 4.81. The van der Waals surface area contributed by atoms with E-state index in [1.807, 2.05) is 7.05 Å². The molecule has 3 rings (SSSR count). The molecular weight excluding hydrogens is 268 g/mol. The van der Waals surface area contributed by atoms with Crippen LogP contribution in [0.4, 0.5) is 5.82 Å². The van der Waals surface area contributed by atoms with Gasteiger partial charge in [0, 0.05) is 26.2 Å². The van der Waals surface area contributed by atoms with Crippen molar-refractivity contribution in [1.29, 1.82) is 0 Å². The summed E-state index contributed by atoms with van der Waals surface area (Å²) >= 11 is 0. The summed E-state index contributed by atoms with van der Waals surface area (Å²) in [6.07, 6.45) is 3.58. The highest BCUT2D eigenvalue weighted by Crippen LogP contribution is 2.33. The third-order valence-corrected chi connectivity index (χ3v) is 5.05. The molecule has 0 spiro atoms. The fourth-order valence-electron chi connectivity index (χ4n) is 4.10. The Bertz CT molecular complexity index is 554. The largest absolute Gasteiger partial charge is 0.477 e. The second-order valence-corrected chi connectivity index (χ2v) is 6.40. The van der Waals surface area contributed by atoms with Crippen LogP contribution in [0.5, 0.6) is 0 Å². The van der Waals surface area contributed by atoms with Crippen LogP contribution < -0.4 is 4.90 Å². The van der Waals surface area contributed by atoms with E-state index in [4.69, 9.17) is 0 Å². The van der Waals surface area contributed by atoms with Gasteiger partial charge in [-0.25, -0.2) is 4.79 Å². The zero-order valence-corrected chi connectivity index (χ0v) is 13.0.